The molecule has 1 N–H and O–H groups in total. The lowest BCUT2D eigenvalue weighted by molar-refractivity contribution is 0.368. The van der Waals surface area contributed by atoms with Crippen molar-refractivity contribution in [3.8, 4) is 0 Å². The number of aliphatic hydroxyl groups is 1. The molecule has 0 aliphatic rings. The van der Waals surface area contributed by atoms with Gasteiger partial charge >= 0.3 is 0 Å². The molecular weight excluding hydrogens is 184 g/mol. The molecule has 0 aliphatic carbocycles. The van der Waals surface area contributed by atoms with Gasteiger partial charge in [-0.2, -0.15) is 0 Å². The Morgan fingerprint density at radius 3 is 2.64 bits per heavy atom. The van der Waals surface area contributed by atoms with Crippen molar-refractivity contribution in [2.75, 3.05) is 5.94 Å². The van der Waals surface area contributed by atoms with Crippen LogP contribution in [0.5, 0.6) is 0 Å². The first kappa shape index (κ1) is 8.71. The van der Waals surface area contributed by atoms with Gasteiger partial charge in [0.25, 0.3) is 0 Å². The largest absolute Gasteiger partial charge is 0.383 e. The Hall–Kier alpha value is -0.380. The number of benzene rings is 1. The third-order valence-electron chi connectivity index (χ3n) is 1.20. The Morgan fingerprint density at radius 1 is 1.45 bits per heavy atom. The molecular formula is C7H7ClO2S. The first-order valence-electron chi connectivity index (χ1n) is 2.99. The van der Waals surface area contributed by atoms with Crippen LogP contribution in [0.3, 0.4) is 0 Å². The third-order valence-corrected chi connectivity index (χ3v) is 2.72. The molecule has 0 heterocycles. The van der Waals surface area contributed by atoms with Crippen molar-refractivity contribution in [3.05, 3.63) is 29.3 Å². The van der Waals surface area contributed by atoms with Crippen molar-refractivity contribution in [1.29, 1.82) is 0 Å². The van der Waals surface area contributed by atoms with Crippen LogP contribution in [0.1, 0.15) is 0 Å². The fraction of sp³-hybridized carbons (Fsp3) is 0.143. The van der Waals surface area contributed by atoms with Gasteiger partial charge in [-0.15, -0.1) is 0 Å². The average molecular weight is 191 g/mol. The van der Waals surface area contributed by atoms with Gasteiger partial charge in [0.1, 0.15) is 5.94 Å². The molecule has 1 unspecified atom stereocenters. The second-order valence-electron chi connectivity index (χ2n) is 1.91. The molecule has 0 spiro atoms. The van der Waals surface area contributed by atoms with Crippen LogP contribution in [0, 0.1) is 0 Å². The van der Waals surface area contributed by atoms with Crippen LogP contribution in [0.2, 0.25) is 5.02 Å². The molecule has 0 radical (unpaired) electrons. The summed E-state index contributed by atoms with van der Waals surface area (Å²) in [5.41, 5.74) is 0. The number of hydrogen-bond donors (Lipinski definition) is 1. The van der Waals surface area contributed by atoms with E-state index in [1.54, 1.807) is 24.3 Å². The highest BCUT2D eigenvalue weighted by atomic mass is 35.5. The van der Waals surface area contributed by atoms with Crippen LogP contribution in [-0.2, 0) is 10.8 Å². The van der Waals surface area contributed by atoms with Crippen molar-refractivity contribution in [1.82, 2.24) is 0 Å². The number of halogens is 1. The lowest BCUT2D eigenvalue weighted by atomic mass is 10.4. The molecule has 2 nitrogen and oxygen atoms in total. The lowest BCUT2D eigenvalue weighted by Crippen LogP contribution is -1.96. The number of hydrogen-bond acceptors (Lipinski definition) is 2. The van der Waals surface area contributed by atoms with Crippen LogP contribution < -0.4 is 0 Å². The molecule has 1 rings (SSSR count). The third kappa shape index (κ3) is 2.02. The van der Waals surface area contributed by atoms with Gasteiger partial charge < -0.3 is 5.11 Å². The summed E-state index contributed by atoms with van der Waals surface area (Å²) >= 11 is 5.69. The summed E-state index contributed by atoms with van der Waals surface area (Å²) in [6, 6.07) is 6.76. The summed E-state index contributed by atoms with van der Waals surface area (Å²) in [5.74, 6) is -0.385. The molecule has 1 aromatic rings. The Kier molecular flexibility index (Phi) is 3.05. The number of rotatable bonds is 2. The van der Waals surface area contributed by atoms with E-state index < -0.39 is 10.8 Å². The minimum absolute atomic E-state index is 0.385. The van der Waals surface area contributed by atoms with E-state index in [9.17, 15) is 4.21 Å². The molecule has 60 valence electrons. The molecule has 11 heavy (non-hydrogen) atoms. The van der Waals surface area contributed by atoms with Gasteiger partial charge in [-0.3, -0.25) is 4.21 Å². The maximum atomic E-state index is 11.0. The van der Waals surface area contributed by atoms with Gasteiger partial charge in [0.2, 0.25) is 0 Å². The Bertz CT molecular complexity index is 275. The average Bonchev–Trinajstić information content (AvgIpc) is 2.04. The van der Waals surface area contributed by atoms with Crippen molar-refractivity contribution in [2.24, 2.45) is 0 Å². The minimum Gasteiger partial charge on any atom is -0.383 e. The van der Waals surface area contributed by atoms with E-state index in [1.807, 2.05) is 0 Å². The summed E-state index contributed by atoms with van der Waals surface area (Å²) in [6.45, 7) is 0. The van der Waals surface area contributed by atoms with Crippen molar-refractivity contribution in [3.63, 3.8) is 0 Å². The maximum Gasteiger partial charge on any atom is 0.123 e. The second kappa shape index (κ2) is 3.85. The highest BCUT2D eigenvalue weighted by Crippen LogP contribution is 2.18. The predicted octanol–water partition coefficient (Wildman–Crippen LogP) is 1.40. The zero-order valence-corrected chi connectivity index (χ0v) is 7.23. The molecule has 0 saturated heterocycles. The molecule has 0 bridgehead atoms. The summed E-state index contributed by atoms with van der Waals surface area (Å²) in [6.07, 6.45) is 0. The first-order valence-corrected chi connectivity index (χ1v) is 4.69. The van der Waals surface area contributed by atoms with Crippen LogP contribution in [-0.4, -0.2) is 15.3 Å². The van der Waals surface area contributed by atoms with Gasteiger partial charge in [-0.25, -0.2) is 0 Å². The summed E-state index contributed by atoms with van der Waals surface area (Å²) in [7, 11) is -1.38. The molecule has 0 aromatic heterocycles. The zero-order chi connectivity index (χ0) is 8.27. The van der Waals surface area contributed by atoms with E-state index in [2.05, 4.69) is 0 Å². The van der Waals surface area contributed by atoms with Gasteiger partial charge in [-0.1, -0.05) is 23.7 Å². The van der Waals surface area contributed by atoms with Crippen LogP contribution >= 0.6 is 11.6 Å². The summed E-state index contributed by atoms with van der Waals surface area (Å²) < 4.78 is 11.0. The first-order chi connectivity index (χ1) is 5.25. The topological polar surface area (TPSA) is 37.3 Å². The predicted molar refractivity (Wildman–Crippen MR) is 44.9 cm³/mol. The Labute approximate surface area is 72.3 Å². The van der Waals surface area contributed by atoms with E-state index in [1.165, 1.54) is 0 Å². The molecule has 0 fully saturated rings. The quantitative estimate of drug-likeness (QED) is 0.766. The highest BCUT2D eigenvalue weighted by molar-refractivity contribution is 7.85. The van der Waals surface area contributed by atoms with Gasteiger partial charge in [0.05, 0.1) is 20.7 Å². The molecule has 4 heteroatoms. The van der Waals surface area contributed by atoms with Crippen LogP contribution in [0.4, 0.5) is 0 Å². The molecule has 1 aromatic carbocycles. The Balaban J connectivity index is 3.03. The van der Waals surface area contributed by atoms with E-state index in [0.717, 1.165) is 0 Å². The standard InChI is InChI=1S/C7H7ClO2S/c8-6-3-1-2-4-7(6)11(10)5-9/h1-4,9H,5H2. The summed E-state index contributed by atoms with van der Waals surface area (Å²) in [4.78, 5) is 0.483. The Morgan fingerprint density at radius 2 is 2.09 bits per heavy atom. The second-order valence-corrected chi connectivity index (χ2v) is 3.70. The van der Waals surface area contributed by atoms with E-state index in [0.29, 0.717) is 9.92 Å². The SMILES string of the molecule is O=S(CO)c1ccccc1Cl. The van der Waals surface area contributed by atoms with E-state index >= 15 is 0 Å². The minimum atomic E-state index is -1.38. The molecule has 0 saturated carbocycles. The van der Waals surface area contributed by atoms with Gasteiger partial charge in [-0.05, 0) is 12.1 Å². The lowest BCUT2D eigenvalue weighted by Gasteiger charge is -1.99. The molecule has 0 amide bonds. The zero-order valence-electron chi connectivity index (χ0n) is 5.66. The highest BCUT2D eigenvalue weighted by Gasteiger charge is 2.04. The fourth-order valence-corrected chi connectivity index (χ4v) is 1.75. The van der Waals surface area contributed by atoms with Gasteiger partial charge in [0.15, 0.2) is 0 Å². The summed E-state index contributed by atoms with van der Waals surface area (Å²) in [5, 5.41) is 8.98. The number of aliphatic hydroxyl groups excluding tert-OH is 1. The monoisotopic (exact) mass is 190 g/mol. The van der Waals surface area contributed by atoms with Crippen LogP contribution in [0.25, 0.3) is 0 Å². The van der Waals surface area contributed by atoms with E-state index in [-0.39, 0.29) is 5.94 Å². The fourth-order valence-electron chi connectivity index (χ4n) is 0.699. The smallest absolute Gasteiger partial charge is 0.123 e. The normalized spacial score (nSPS) is 12.9. The van der Waals surface area contributed by atoms with Crippen LogP contribution in [0.15, 0.2) is 29.2 Å². The van der Waals surface area contributed by atoms with Crippen molar-refractivity contribution in [2.45, 2.75) is 4.90 Å². The van der Waals surface area contributed by atoms with Gasteiger partial charge in [0, 0.05) is 0 Å². The van der Waals surface area contributed by atoms with Crippen molar-refractivity contribution < 1.29 is 9.32 Å². The maximum absolute atomic E-state index is 11.0. The van der Waals surface area contributed by atoms with Crippen molar-refractivity contribution >= 4 is 22.4 Å². The molecule has 0 aliphatic heterocycles. The molecule has 1 atom stereocenters. The van der Waals surface area contributed by atoms with E-state index in [4.69, 9.17) is 16.7 Å².